The molecule has 0 rings (SSSR count). The lowest BCUT2D eigenvalue weighted by atomic mass is 9.87. The normalized spacial score (nSPS) is 15.5. The van der Waals surface area contributed by atoms with Crippen molar-refractivity contribution in [3.8, 4) is 0 Å². The minimum Gasteiger partial charge on any atom is -0.481 e. The molecule has 0 heterocycles. The van der Waals surface area contributed by atoms with Gasteiger partial charge in [0.2, 0.25) is 5.91 Å². The monoisotopic (exact) mass is 216 g/mol. The van der Waals surface area contributed by atoms with Crippen molar-refractivity contribution >= 4 is 11.9 Å². The van der Waals surface area contributed by atoms with Gasteiger partial charge < -0.3 is 16.2 Å². The third kappa shape index (κ3) is 4.78. The zero-order chi connectivity index (χ0) is 12.2. The van der Waals surface area contributed by atoms with E-state index in [1.807, 2.05) is 20.8 Å². The minimum atomic E-state index is -0.931. The van der Waals surface area contributed by atoms with Crippen molar-refractivity contribution in [2.24, 2.45) is 17.1 Å². The molecule has 0 aromatic heterocycles. The Morgan fingerprint density at radius 2 is 1.87 bits per heavy atom. The quantitative estimate of drug-likeness (QED) is 0.625. The molecule has 0 bridgehead atoms. The number of carbonyl (C=O) groups excluding carboxylic acids is 1. The molecule has 4 N–H and O–H groups in total. The Balaban J connectivity index is 4.11. The summed E-state index contributed by atoms with van der Waals surface area (Å²) in [5.41, 5.74) is 5.37. The average Bonchev–Trinajstić information content (AvgIpc) is 2.10. The van der Waals surface area contributed by atoms with Crippen LogP contribution in [0.5, 0.6) is 0 Å². The second kappa shape index (κ2) is 5.11. The van der Waals surface area contributed by atoms with Gasteiger partial charge in [-0.2, -0.15) is 0 Å². The number of rotatable bonds is 4. The molecule has 0 aliphatic heterocycles. The largest absolute Gasteiger partial charge is 0.481 e. The van der Waals surface area contributed by atoms with Crippen LogP contribution in [0.1, 0.15) is 27.7 Å². The van der Waals surface area contributed by atoms with Gasteiger partial charge in [-0.15, -0.1) is 0 Å². The highest BCUT2D eigenvalue weighted by molar-refractivity contribution is 5.82. The molecule has 15 heavy (non-hydrogen) atoms. The van der Waals surface area contributed by atoms with Gasteiger partial charge in [0.25, 0.3) is 0 Å². The fraction of sp³-hybridized carbons (Fsp3) is 0.800. The molecule has 0 radical (unpaired) electrons. The Morgan fingerprint density at radius 1 is 1.40 bits per heavy atom. The van der Waals surface area contributed by atoms with Crippen LogP contribution in [0.15, 0.2) is 0 Å². The summed E-state index contributed by atoms with van der Waals surface area (Å²) >= 11 is 0. The Kier molecular flexibility index (Phi) is 4.74. The number of hydrogen-bond donors (Lipinski definition) is 3. The number of carbonyl (C=O) groups is 2. The molecular formula is C10H20N2O3. The average molecular weight is 216 g/mol. The fourth-order valence-corrected chi connectivity index (χ4v) is 0.844. The highest BCUT2D eigenvalue weighted by Gasteiger charge is 2.27. The fourth-order valence-electron chi connectivity index (χ4n) is 0.844. The molecule has 0 saturated heterocycles. The molecule has 2 atom stereocenters. The first-order chi connectivity index (χ1) is 6.66. The predicted molar refractivity (Wildman–Crippen MR) is 57.2 cm³/mol. The molecule has 1 unspecified atom stereocenters. The number of amides is 1. The zero-order valence-electron chi connectivity index (χ0n) is 9.70. The topological polar surface area (TPSA) is 92.4 Å². The first-order valence-corrected chi connectivity index (χ1v) is 4.92. The Hall–Kier alpha value is -1.10. The zero-order valence-corrected chi connectivity index (χ0v) is 9.70. The van der Waals surface area contributed by atoms with E-state index in [0.29, 0.717) is 0 Å². The third-order valence-electron chi connectivity index (χ3n) is 2.22. The summed E-state index contributed by atoms with van der Waals surface area (Å²) in [5, 5.41) is 11.1. The molecule has 1 amide bonds. The molecule has 0 aliphatic carbocycles. The van der Waals surface area contributed by atoms with Crippen LogP contribution in [0.4, 0.5) is 0 Å². The van der Waals surface area contributed by atoms with E-state index in [1.165, 1.54) is 6.92 Å². The van der Waals surface area contributed by atoms with E-state index < -0.39 is 17.9 Å². The van der Waals surface area contributed by atoms with Gasteiger partial charge in [-0.3, -0.25) is 9.59 Å². The number of nitrogens with two attached hydrogens (primary N) is 1. The van der Waals surface area contributed by atoms with E-state index >= 15 is 0 Å². The SMILES string of the molecule is CC(CNC(=O)[C@H](N)C(C)(C)C)C(=O)O. The molecule has 0 aliphatic rings. The lowest BCUT2D eigenvalue weighted by Crippen LogP contribution is -2.49. The minimum absolute atomic E-state index is 0.109. The van der Waals surface area contributed by atoms with Crippen LogP contribution in [0.25, 0.3) is 0 Å². The summed E-state index contributed by atoms with van der Waals surface area (Å²) in [5.74, 6) is -1.84. The van der Waals surface area contributed by atoms with Gasteiger partial charge in [0.1, 0.15) is 0 Å². The first kappa shape index (κ1) is 13.9. The molecule has 0 spiro atoms. The van der Waals surface area contributed by atoms with Crippen molar-refractivity contribution in [1.29, 1.82) is 0 Å². The van der Waals surface area contributed by atoms with Crippen LogP contribution < -0.4 is 11.1 Å². The highest BCUT2D eigenvalue weighted by atomic mass is 16.4. The summed E-state index contributed by atoms with van der Waals surface area (Å²) in [6, 6.07) is -0.626. The van der Waals surface area contributed by atoms with Gasteiger partial charge in [-0.25, -0.2) is 0 Å². The van der Waals surface area contributed by atoms with E-state index in [-0.39, 0.29) is 17.9 Å². The van der Waals surface area contributed by atoms with E-state index in [4.69, 9.17) is 10.8 Å². The van der Waals surface area contributed by atoms with Crippen molar-refractivity contribution in [3.63, 3.8) is 0 Å². The molecule has 0 saturated carbocycles. The van der Waals surface area contributed by atoms with Gasteiger partial charge >= 0.3 is 5.97 Å². The molecule has 5 heteroatoms. The number of carboxylic acids is 1. The summed E-state index contributed by atoms with van der Waals surface area (Å²) in [6.45, 7) is 7.22. The number of hydrogen-bond acceptors (Lipinski definition) is 3. The molecular weight excluding hydrogens is 196 g/mol. The van der Waals surface area contributed by atoms with Gasteiger partial charge in [0.15, 0.2) is 0 Å². The molecule has 0 aromatic rings. The maximum atomic E-state index is 11.5. The van der Waals surface area contributed by atoms with Crippen molar-refractivity contribution in [3.05, 3.63) is 0 Å². The van der Waals surface area contributed by atoms with Gasteiger partial charge in [0.05, 0.1) is 12.0 Å². The molecule has 0 aromatic carbocycles. The van der Waals surface area contributed by atoms with Crippen molar-refractivity contribution in [2.75, 3.05) is 6.54 Å². The summed E-state index contributed by atoms with van der Waals surface area (Å²) in [6.07, 6.45) is 0. The van der Waals surface area contributed by atoms with E-state index in [2.05, 4.69) is 5.32 Å². The number of nitrogens with one attached hydrogen (secondary N) is 1. The van der Waals surface area contributed by atoms with Crippen LogP contribution in [0.3, 0.4) is 0 Å². The Morgan fingerprint density at radius 3 is 2.20 bits per heavy atom. The van der Waals surface area contributed by atoms with Gasteiger partial charge in [-0.05, 0) is 5.41 Å². The standard InChI is InChI=1S/C10H20N2O3/c1-6(9(14)15)5-12-8(13)7(11)10(2,3)4/h6-7H,5,11H2,1-4H3,(H,12,13)(H,14,15)/t6?,7-/m0/s1. The number of aliphatic carboxylic acids is 1. The maximum absolute atomic E-state index is 11.5. The predicted octanol–water partition coefficient (Wildman–Crippen LogP) is 0.197. The summed E-state index contributed by atoms with van der Waals surface area (Å²) in [4.78, 5) is 22.0. The third-order valence-corrected chi connectivity index (χ3v) is 2.22. The lowest BCUT2D eigenvalue weighted by molar-refractivity contribution is -0.141. The van der Waals surface area contributed by atoms with Gasteiger partial charge in [0, 0.05) is 6.54 Å². The second-order valence-electron chi connectivity index (χ2n) is 4.83. The van der Waals surface area contributed by atoms with Crippen LogP contribution in [-0.2, 0) is 9.59 Å². The van der Waals surface area contributed by atoms with Crippen LogP contribution in [0.2, 0.25) is 0 Å². The Bertz CT molecular complexity index is 246. The number of carboxylic acid groups (broad SMARTS) is 1. The first-order valence-electron chi connectivity index (χ1n) is 4.92. The lowest BCUT2D eigenvalue weighted by Gasteiger charge is -2.26. The summed E-state index contributed by atoms with van der Waals surface area (Å²) in [7, 11) is 0. The van der Waals surface area contributed by atoms with E-state index in [9.17, 15) is 9.59 Å². The van der Waals surface area contributed by atoms with Gasteiger partial charge in [-0.1, -0.05) is 27.7 Å². The van der Waals surface area contributed by atoms with Crippen LogP contribution >= 0.6 is 0 Å². The van der Waals surface area contributed by atoms with Crippen molar-refractivity contribution in [1.82, 2.24) is 5.32 Å². The van der Waals surface area contributed by atoms with E-state index in [1.54, 1.807) is 0 Å². The maximum Gasteiger partial charge on any atom is 0.308 e. The summed E-state index contributed by atoms with van der Waals surface area (Å²) < 4.78 is 0. The van der Waals surface area contributed by atoms with Crippen molar-refractivity contribution < 1.29 is 14.7 Å². The molecule has 0 fully saturated rings. The van der Waals surface area contributed by atoms with E-state index in [0.717, 1.165) is 0 Å². The second-order valence-corrected chi connectivity index (χ2v) is 4.83. The smallest absolute Gasteiger partial charge is 0.308 e. The molecule has 88 valence electrons. The Labute approximate surface area is 90.0 Å². The highest BCUT2D eigenvalue weighted by Crippen LogP contribution is 2.17. The van der Waals surface area contributed by atoms with Crippen molar-refractivity contribution in [2.45, 2.75) is 33.7 Å². The van der Waals surface area contributed by atoms with Crippen LogP contribution in [-0.4, -0.2) is 29.6 Å². The molecule has 5 nitrogen and oxygen atoms in total. The van der Waals surface area contributed by atoms with Crippen LogP contribution in [0, 0.1) is 11.3 Å².